The topological polar surface area (TPSA) is 66.0 Å². The number of benzene rings is 1. The predicted molar refractivity (Wildman–Crippen MR) is 121 cm³/mol. The second kappa shape index (κ2) is 11.4. The van der Waals surface area contributed by atoms with Crippen LogP contribution in [0.4, 0.5) is 0 Å². The first-order chi connectivity index (χ1) is 12.4. The molecule has 1 fully saturated rings. The van der Waals surface area contributed by atoms with E-state index in [1.807, 2.05) is 58.0 Å². The predicted octanol–water partition coefficient (Wildman–Crippen LogP) is 3.03. The fraction of sp³-hybridized carbons (Fsp3) is 0.600. The Morgan fingerprint density at radius 3 is 2.41 bits per heavy atom. The molecule has 2 rings (SSSR count). The molecule has 6 nitrogen and oxygen atoms in total. The highest BCUT2D eigenvalue weighted by Crippen LogP contribution is 2.18. The maximum atomic E-state index is 12.0. The molecule has 27 heavy (non-hydrogen) atoms. The fourth-order valence-corrected chi connectivity index (χ4v) is 2.91. The van der Waals surface area contributed by atoms with Gasteiger partial charge in [0.15, 0.2) is 5.96 Å². The van der Waals surface area contributed by atoms with Crippen molar-refractivity contribution < 1.29 is 9.53 Å². The highest BCUT2D eigenvalue weighted by atomic mass is 127. The van der Waals surface area contributed by atoms with Gasteiger partial charge in [-0.3, -0.25) is 4.79 Å². The Bertz CT molecular complexity index is 594. The zero-order valence-electron chi connectivity index (χ0n) is 16.8. The van der Waals surface area contributed by atoms with Gasteiger partial charge < -0.3 is 20.3 Å². The Kier molecular flexibility index (Phi) is 9.90. The number of aliphatic imine (C=N–C) groups is 1. The molecule has 7 heteroatoms. The van der Waals surface area contributed by atoms with Crippen LogP contribution in [0.3, 0.4) is 0 Å². The molecule has 1 heterocycles. The van der Waals surface area contributed by atoms with E-state index in [0.717, 1.165) is 44.2 Å². The zero-order chi connectivity index (χ0) is 19.0. The van der Waals surface area contributed by atoms with Crippen LogP contribution in [0.1, 0.15) is 40.5 Å². The summed E-state index contributed by atoms with van der Waals surface area (Å²) in [4.78, 5) is 18.7. The van der Waals surface area contributed by atoms with Crippen LogP contribution in [0.5, 0.6) is 5.75 Å². The SMILES string of the molecule is CCNC(=NCC(=O)NC(C)(C)C)N1CCC(Oc2ccccc2)CC1.I. The first-order valence-electron chi connectivity index (χ1n) is 9.43. The van der Waals surface area contributed by atoms with Crippen LogP contribution in [0, 0.1) is 0 Å². The average molecular weight is 488 g/mol. The normalized spacial score (nSPS) is 15.7. The van der Waals surface area contributed by atoms with Crippen LogP contribution in [-0.2, 0) is 4.79 Å². The lowest BCUT2D eigenvalue weighted by Gasteiger charge is -2.34. The minimum Gasteiger partial charge on any atom is -0.490 e. The second-order valence-corrected chi connectivity index (χ2v) is 7.59. The zero-order valence-corrected chi connectivity index (χ0v) is 19.2. The summed E-state index contributed by atoms with van der Waals surface area (Å²) in [5.74, 6) is 1.66. The van der Waals surface area contributed by atoms with Gasteiger partial charge in [-0.05, 0) is 39.8 Å². The summed E-state index contributed by atoms with van der Waals surface area (Å²) in [6, 6.07) is 9.95. The third-order valence-corrected chi connectivity index (χ3v) is 4.01. The molecule has 1 aliphatic heterocycles. The molecule has 1 aromatic carbocycles. The molecule has 0 unspecified atom stereocenters. The van der Waals surface area contributed by atoms with E-state index in [1.165, 1.54) is 0 Å². The van der Waals surface area contributed by atoms with Gasteiger partial charge in [0.25, 0.3) is 0 Å². The molecule has 2 N–H and O–H groups in total. The van der Waals surface area contributed by atoms with Crippen LogP contribution in [-0.4, -0.2) is 54.6 Å². The van der Waals surface area contributed by atoms with Gasteiger partial charge in [-0.25, -0.2) is 4.99 Å². The molecule has 0 atom stereocenters. The largest absolute Gasteiger partial charge is 0.490 e. The molecule has 0 bridgehead atoms. The van der Waals surface area contributed by atoms with Gasteiger partial charge in [-0.1, -0.05) is 18.2 Å². The summed E-state index contributed by atoms with van der Waals surface area (Å²) in [5, 5.41) is 6.23. The molecular weight excluding hydrogens is 455 g/mol. The quantitative estimate of drug-likeness (QED) is 0.380. The molecule has 1 saturated heterocycles. The van der Waals surface area contributed by atoms with Crippen LogP contribution in [0.25, 0.3) is 0 Å². The number of nitrogens with one attached hydrogen (secondary N) is 2. The van der Waals surface area contributed by atoms with E-state index >= 15 is 0 Å². The summed E-state index contributed by atoms with van der Waals surface area (Å²) in [6.45, 7) is 10.6. The molecule has 1 aliphatic rings. The van der Waals surface area contributed by atoms with Gasteiger partial charge >= 0.3 is 0 Å². The summed E-state index contributed by atoms with van der Waals surface area (Å²) in [6.07, 6.45) is 2.10. The maximum absolute atomic E-state index is 12.0. The van der Waals surface area contributed by atoms with E-state index in [2.05, 4.69) is 20.5 Å². The highest BCUT2D eigenvalue weighted by Gasteiger charge is 2.23. The van der Waals surface area contributed by atoms with Crippen molar-refractivity contribution in [1.29, 1.82) is 0 Å². The number of rotatable bonds is 5. The maximum Gasteiger partial charge on any atom is 0.242 e. The van der Waals surface area contributed by atoms with Crippen molar-refractivity contribution in [2.45, 2.75) is 52.2 Å². The summed E-state index contributed by atoms with van der Waals surface area (Å²) in [5.41, 5.74) is -0.238. The van der Waals surface area contributed by atoms with Crippen molar-refractivity contribution in [2.24, 2.45) is 4.99 Å². The first kappa shape index (κ1) is 23.5. The lowest BCUT2D eigenvalue weighted by Crippen LogP contribution is -2.48. The molecule has 1 amide bonds. The number of amides is 1. The lowest BCUT2D eigenvalue weighted by atomic mass is 10.1. The van der Waals surface area contributed by atoms with Crippen molar-refractivity contribution in [3.63, 3.8) is 0 Å². The van der Waals surface area contributed by atoms with Gasteiger partial charge in [0, 0.05) is 38.0 Å². The van der Waals surface area contributed by atoms with E-state index in [9.17, 15) is 4.79 Å². The van der Waals surface area contributed by atoms with Crippen LogP contribution >= 0.6 is 24.0 Å². The second-order valence-electron chi connectivity index (χ2n) is 7.59. The Hall–Kier alpha value is -1.51. The van der Waals surface area contributed by atoms with Crippen molar-refractivity contribution in [3.05, 3.63) is 30.3 Å². The number of ether oxygens (including phenoxy) is 1. The average Bonchev–Trinajstić information content (AvgIpc) is 2.59. The molecule has 152 valence electrons. The Morgan fingerprint density at radius 2 is 1.85 bits per heavy atom. The minimum atomic E-state index is -0.238. The summed E-state index contributed by atoms with van der Waals surface area (Å²) >= 11 is 0. The fourth-order valence-electron chi connectivity index (χ4n) is 2.91. The number of para-hydroxylation sites is 1. The van der Waals surface area contributed by atoms with Crippen molar-refractivity contribution in [2.75, 3.05) is 26.2 Å². The molecule has 1 aromatic rings. The third kappa shape index (κ3) is 8.81. The van der Waals surface area contributed by atoms with Gasteiger partial charge in [-0.15, -0.1) is 24.0 Å². The lowest BCUT2D eigenvalue weighted by molar-refractivity contribution is -0.121. The van der Waals surface area contributed by atoms with Gasteiger partial charge in [-0.2, -0.15) is 0 Å². The number of piperidine rings is 1. The highest BCUT2D eigenvalue weighted by molar-refractivity contribution is 14.0. The number of carbonyl (C=O) groups excluding carboxylic acids is 1. The monoisotopic (exact) mass is 488 g/mol. The third-order valence-electron chi connectivity index (χ3n) is 4.01. The number of nitrogens with zero attached hydrogens (tertiary/aromatic N) is 2. The first-order valence-corrected chi connectivity index (χ1v) is 9.43. The van der Waals surface area contributed by atoms with E-state index in [4.69, 9.17) is 4.74 Å². The van der Waals surface area contributed by atoms with Gasteiger partial charge in [0.05, 0.1) is 0 Å². The van der Waals surface area contributed by atoms with E-state index in [1.54, 1.807) is 0 Å². The van der Waals surface area contributed by atoms with E-state index < -0.39 is 0 Å². The van der Waals surface area contributed by atoms with Gasteiger partial charge in [0.1, 0.15) is 18.4 Å². The number of guanidine groups is 1. The number of likely N-dealkylation sites (tertiary alicyclic amines) is 1. The van der Waals surface area contributed by atoms with Crippen LogP contribution in [0.2, 0.25) is 0 Å². The Morgan fingerprint density at radius 1 is 1.22 bits per heavy atom. The molecule has 0 aliphatic carbocycles. The number of hydrogen-bond acceptors (Lipinski definition) is 3. The van der Waals surface area contributed by atoms with Crippen molar-refractivity contribution in [1.82, 2.24) is 15.5 Å². The van der Waals surface area contributed by atoms with E-state index in [0.29, 0.717) is 0 Å². The number of halogens is 1. The standard InChI is InChI=1S/C20H32N4O2.HI/c1-5-21-19(22-15-18(25)23-20(2,3)4)24-13-11-17(12-14-24)26-16-9-7-6-8-10-16;/h6-10,17H,5,11-15H2,1-4H3,(H,21,22)(H,23,25);1H. The molecule has 0 spiro atoms. The molecule has 0 saturated carbocycles. The Balaban J connectivity index is 0.00000364. The molecular formula is C20H33IN4O2. The van der Waals surface area contributed by atoms with Crippen molar-refractivity contribution in [3.8, 4) is 5.75 Å². The molecule has 0 radical (unpaired) electrons. The minimum absolute atomic E-state index is 0. The van der Waals surface area contributed by atoms with Crippen LogP contribution < -0.4 is 15.4 Å². The smallest absolute Gasteiger partial charge is 0.242 e. The van der Waals surface area contributed by atoms with Crippen molar-refractivity contribution >= 4 is 35.8 Å². The number of carbonyl (C=O) groups is 1. The summed E-state index contributed by atoms with van der Waals surface area (Å²) < 4.78 is 6.05. The van der Waals surface area contributed by atoms with Gasteiger partial charge in [0.2, 0.25) is 5.91 Å². The Labute approximate surface area is 180 Å². The van der Waals surface area contributed by atoms with E-state index in [-0.39, 0.29) is 48.1 Å². The number of hydrogen-bond donors (Lipinski definition) is 2. The summed E-state index contributed by atoms with van der Waals surface area (Å²) in [7, 11) is 0. The molecule has 0 aromatic heterocycles. The van der Waals surface area contributed by atoms with Crippen LogP contribution in [0.15, 0.2) is 35.3 Å².